The van der Waals surface area contributed by atoms with Gasteiger partial charge in [-0.2, -0.15) is 0 Å². The Morgan fingerprint density at radius 1 is 1.33 bits per heavy atom. The molecule has 2 fully saturated rings. The van der Waals surface area contributed by atoms with E-state index in [1.54, 1.807) is 0 Å². The molecule has 2 aliphatic rings. The summed E-state index contributed by atoms with van der Waals surface area (Å²) in [5, 5.41) is 0. The third kappa shape index (κ3) is 2.02. The molecular formula is C15H22N2O. The molecule has 0 bridgehead atoms. The first-order valence-electron chi connectivity index (χ1n) is 7.00. The minimum absolute atomic E-state index is 0.0869. The third-order valence-electron chi connectivity index (χ3n) is 4.22. The molecule has 18 heavy (non-hydrogen) atoms. The summed E-state index contributed by atoms with van der Waals surface area (Å²) in [5.41, 5.74) is 8.67. The van der Waals surface area contributed by atoms with E-state index in [-0.39, 0.29) is 6.04 Å². The van der Waals surface area contributed by atoms with Gasteiger partial charge in [-0.1, -0.05) is 18.2 Å². The van der Waals surface area contributed by atoms with Crippen molar-refractivity contribution in [1.82, 2.24) is 0 Å². The highest BCUT2D eigenvalue weighted by molar-refractivity contribution is 5.56. The molecule has 98 valence electrons. The van der Waals surface area contributed by atoms with Gasteiger partial charge in [-0.15, -0.1) is 0 Å². The topological polar surface area (TPSA) is 38.5 Å². The van der Waals surface area contributed by atoms with Crippen molar-refractivity contribution in [3.05, 3.63) is 29.8 Å². The van der Waals surface area contributed by atoms with Crippen molar-refractivity contribution in [3.63, 3.8) is 0 Å². The van der Waals surface area contributed by atoms with E-state index in [4.69, 9.17) is 10.5 Å². The zero-order valence-electron chi connectivity index (χ0n) is 11.0. The lowest BCUT2D eigenvalue weighted by Gasteiger charge is -2.40. The first kappa shape index (κ1) is 12.0. The van der Waals surface area contributed by atoms with E-state index in [2.05, 4.69) is 36.1 Å². The Hall–Kier alpha value is -1.06. The van der Waals surface area contributed by atoms with Crippen molar-refractivity contribution in [1.29, 1.82) is 0 Å². The maximum Gasteiger partial charge on any atom is 0.0779 e. The quantitative estimate of drug-likeness (QED) is 0.871. The number of morpholine rings is 1. The van der Waals surface area contributed by atoms with Gasteiger partial charge in [0.2, 0.25) is 0 Å². The number of rotatable bonds is 2. The number of hydrogen-bond donors (Lipinski definition) is 1. The van der Waals surface area contributed by atoms with E-state index in [9.17, 15) is 0 Å². The van der Waals surface area contributed by atoms with Crippen molar-refractivity contribution in [2.24, 2.45) is 5.73 Å². The van der Waals surface area contributed by atoms with Crippen LogP contribution in [0.5, 0.6) is 0 Å². The van der Waals surface area contributed by atoms with Crippen molar-refractivity contribution < 1.29 is 4.74 Å². The average molecular weight is 246 g/mol. The molecule has 0 aromatic heterocycles. The zero-order chi connectivity index (χ0) is 12.5. The first-order chi connectivity index (χ1) is 8.77. The number of fused-ring (bicyclic) bond motifs is 1. The largest absolute Gasteiger partial charge is 0.374 e. The van der Waals surface area contributed by atoms with Crippen LogP contribution >= 0.6 is 0 Å². The standard InChI is InChI=1S/C15H22N2O/c1-11(16)12-5-2-3-6-13(12)17-9-10-18-15-8-4-7-14(15)17/h2-3,5-6,11,14-15H,4,7-10,16H2,1H3. The smallest absolute Gasteiger partial charge is 0.0779 e. The van der Waals surface area contributed by atoms with Crippen LogP contribution in [-0.4, -0.2) is 25.3 Å². The fraction of sp³-hybridized carbons (Fsp3) is 0.600. The van der Waals surface area contributed by atoms with Gasteiger partial charge in [-0.25, -0.2) is 0 Å². The highest BCUT2D eigenvalue weighted by atomic mass is 16.5. The number of nitrogens with two attached hydrogens (primary N) is 1. The Bertz CT molecular complexity index is 419. The van der Waals surface area contributed by atoms with Crippen LogP contribution in [-0.2, 0) is 4.74 Å². The van der Waals surface area contributed by atoms with E-state index in [1.165, 1.54) is 30.5 Å². The monoisotopic (exact) mass is 246 g/mol. The number of ether oxygens (including phenoxy) is 1. The van der Waals surface area contributed by atoms with Crippen LogP contribution in [0.4, 0.5) is 5.69 Å². The molecule has 3 atom stereocenters. The molecule has 0 radical (unpaired) electrons. The molecule has 0 amide bonds. The molecule has 1 heterocycles. The van der Waals surface area contributed by atoms with Gasteiger partial charge >= 0.3 is 0 Å². The highest BCUT2D eigenvalue weighted by Gasteiger charge is 2.36. The molecule has 1 aromatic carbocycles. The second-order valence-electron chi connectivity index (χ2n) is 5.45. The molecule has 3 nitrogen and oxygen atoms in total. The van der Waals surface area contributed by atoms with Gasteiger partial charge in [0.1, 0.15) is 0 Å². The van der Waals surface area contributed by atoms with Crippen LogP contribution in [0.25, 0.3) is 0 Å². The lowest BCUT2D eigenvalue weighted by atomic mass is 10.0. The first-order valence-corrected chi connectivity index (χ1v) is 7.00. The molecule has 3 rings (SSSR count). The number of nitrogens with zero attached hydrogens (tertiary/aromatic N) is 1. The lowest BCUT2D eigenvalue weighted by molar-refractivity contribution is 0.0255. The summed E-state index contributed by atoms with van der Waals surface area (Å²) in [7, 11) is 0. The van der Waals surface area contributed by atoms with Crippen LogP contribution in [0.3, 0.4) is 0 Å². The SMILES string of the molecule is CC(N)c1ccccc1N1CCOC2CCCC21. The number of para-hydroxylation sites is 1. The van der Waals surface area contributed by atoms with Gasteiger partial charge in [0.05, 0.1) is 18.8 Å². The summed E-state index contributed by atoms with van der Waals surface area (Å²) in [6.07, 6.45) is 4.17. The van der Waals surface area contributed by atoms with Crippen molar-refractivity contribution in [2.45, 2.75) is 44.4 Å². The predicted molar refractivity (Wildman–Crippen MR) is 73.8 cm³/mol. The summed E-state index contributed by atoms with van der Waals surface area (Å²) in [5.74, 6) is 0. The van der Waals surface area contributed by atoms with Crippen molar-refractivity contribution in [2.75, 3.05) is 18.1 Å². The Kier molecular flexibility index (Phi) is 3.27. The van der Waals surface area contributed by atoms with E-state index >= 15 is 0 Å². The van der Waals surface area contributed by atoms with Gasteiger partial charge in [-0.3, -0.25) is 0 Å². The van der Waals surface area contributed by atoms with Crippen LogP contribution in [0.15, 0.2) is 24.3 Å². The fourth-order valence-electron chi connectivity index (χ4n) is 3.36. The van der Waals surface area contributed by atoms with Crippen LogP contribution in [0, 0.1) is 0 Å². The van der Waals surface area contributed by atoms with Crippen LogP contribution in [0.1, 0.15) is 37.8 Å². The lowest BCUT2D eigenvalue weighted by Crippen LogP contribution is -2.49. The van der Waals surface area contributed by atoms with Gasteiger partial charge in [-0.05, 0) is 37.8 Å². The predicted octanol–water partition coefficient (Wildman–Crippen LogP) is 2.46. The minimum Gasteiger partial charge on any atom is -0.374 e. The summed E-state index contributed by atoms with van der Waals surface area (Å²) in [4.78, 5) is 2.53. The van der Waals surface area contributed by atoms with Gasteiger partial charge < -0.3 is 15.4 Å². The molecule has 2 N–H and O–H groups in total. The van der Waals surface area contributed by atoms with Crippen molar-refractivity contribution in [3.8, 4) is 0 Å². The summed E-state index contributed by atoms with van der Waals surface area (Å²) < 4.78 is 5.88. The maximum atomic E-state index is 6.10. The summed E-state index contributed by atoms with van der Waals surface area (Å²) >= 11 is 0. The Morgan fingerprint density at radius 2 is 2.17 bits per heavy atom. The van der Waals surface area contributed by atoms with Gasteiger partial charge in [0.25, 0.3) is 0 Å². The van der Waals surface area contributed by atoms with Crippen molar-refractivity contribution >= 4 is 5.69 Å². The van der Waals surface area contributed by atoms with Gasteiger partial charge in [0, 0.05) is 18.3 Å². The van der Waals surface area contributed by atoms with Crippen LogP contribution in [0.2, 0.25) is 0 Å². The molecule has 0 spiro atoms. The molecule has 1 aromatic rings. The molecule has 1 aliphatic carbocycles. The Labute approximate surface area is 109 Å². The second kappa shape index (κ2) is 4.90. The number of hydrogen-bond acceptors (Lipinski definition) is 3. The molecular weight excluding hydrogens is 224 g/mol. The number of anilines is 1. The Morgan fingerprint density at radius 3 is 3.00 bits per heavy atom. The molecule has 3 unspecified atom stereocenters. The van der Waals surface area contributed by atoms with Crippen LogP contribution < -0.4 is 10.6 Å². The number of benzene rings is 1. The van der Waals surface area contributed by atoms with E-state index < -0.39 is 0 Å². The zero-order valence-corrected chi connectivity index (χ0v) is 11.0. The van der Waals surface area contributed by atoms with Gasteiger partial charge in [0.15, 0.2) is 0 Å². The summed E-state index contributed by atoms with van der Waals surface area (Å²) in [6.45, 7) is 3.89. The molecule has 1 saturated heterocycles. The van der Waals surface area contributed by atoms with E-state index in [1.807, 2.05) is 0 Å². The molecule has 3 heteroatoms. The Balaban J connectivity index is 1.93. The average Bonchev–Trinajstić information content (AvgIpc) is 2.86. The third-order valence-corrected chi connectivity index (χ3v) is 4.22. The van der Waals surface area contributed by atoms with E-state index in [0.29, 0.717) is 12.1 Å². The normalized spacial score (nSPS) is 29.1. The fourth-order valence-corrected chi connectivity index (χ4v) is 3.36. The molecule has 1 aliphatic heterocycles. The second-order valence-corrected chi connectivity index (χ2v) is 5.45. The minimum atomic E-state index is 0.0869. The summed E-state index contributed by atoms with van der Waals surface area (Å²) in [6, 6.07) is 9.19. The highest BCUT2D eigenvalue weighted by Crippen LogP contribution is 2.35. The maximum absolute atomic E-state index is 6.10. The van der Waals surface area contributed by atoms with E-state index in [0.717, 1.165) is 13.2 Å². The molecule has 1 saturated carbocycles.